The number of rotatable bonds is 5. The van der Waals surface area contributed by atoms with Crippen LogP contribution in [0.15, 0.2) is 22.8 Å². The van der Waals surface area contributed by atoms with E-state index in [2.05, 4.69) is 25.2 Å². The second-order valence-corrected chi connectivity index (χ2v) is 5.30. The zero-order chi connectivity index (χ0) is 11.4. The molecule has 0 amide bonds. The van der Waals surface area contributed by atoms with E-state index in [0.717, 1.165) is 24.1 Å². The molecule has 1 aliphatic carbocycles. The number of nitrogens with one attached hydrogen (secondary N) is 1. The van der Waals surface area contributed by atoms with Gasteiger partial charge in [-0.2, -0.15) is 0 Å². The van der Waals surface area contributed by atoms with Gasteiger partial charge in [0.1, 0.15) is 5.76 Å². The summed E-state index contributed by atoms with van der Waals surface area (Å²) < 4.78 is 5.34. The minimum Gasteiger partial charge on any atom is -0.469 e. The molecular weight excluding hydrogens is 198 g/mol. The van der Waals surface area contributed by atoms with Gasteiger partial charge in [-0.15, -0.1) is 0 Å². The molecule has 16 heavy (non-hydrogen) atoms. The molecule has 3 atom stereocenters. The summed E-state index contributed by atoms with van der Waals surface area (Å²) in [4.78, 5) is 0. The summed E-state index contributed by atoms with van der Waals surface area (Å²) in [7, 11) is 0. The Labute approximate surface area is 98.4 Å². The van der Waals surface area contributed by atoms with Crippen LogP contribution in [0.2, 0.25) is 0 Å². The fourth-order valence-electron chi connectivity index (χ4n) is 2.66. The monoisotopic (exact) mass is 221 g/mol. The van der Waals surface area contributed by atoms with Crippen molar-refractivity contribution in [1.29, 1.82) is 0 Å². The van der Waals surface area contributed by atoms with Gasteiger partial charge in [-0.05, 0) is 50.7 Å². The van der Waals surface area contributed by atoms with Crippen molar-refractivity contribution in [2.75, 3.05) is 0 Å². The summed E-state index contributed by atoms with van der Waals surface area (Å²) in [5.41, 5.74) is 0. The Hall–Kier alpha value is -0.760. The lowest BCUT2D eigenvalue weighted by atomic mass is 10.1. The first-order chi connectivity index (χ1) is 7.74. The van der Waals surface area contributed by atoms with Crippen molar-refractivity contribution < 1.29 is 4.42 Å². The normalized spacial score (nSPS) is 27.1. The van der Waals surface area contributed by atoms with E-state index in [1.165, 1.54) is 25.7 Å². The largest absolute Gasteiger partial charge is 0.469 e. The zero-order valence-corrected chi connectivity index (χ0v) is 10.4. The Morgan fingerprint density at radius 1 is 1.50 bits per heavy atom. The number of furan rings is 1. The Morgan fingerprint density at radius 3 is 3.00 bits per heavy atom. The molecule has 90 valence electrons. The highest BCUT2D eigenvalue weighted by atomic mass is 16.3. The van der Waals surface area contributed by atoms with E-state index in [9.17, 15) is 0 Å². The summed E-state index contributed by atoms with van der Waals surface area (Å²) >= 11 is 0. The molecule has 2 rings (SSSR count). The fourth-order valence-corrected chi connectivity index (χ4v) is 2.66. The third kappa shape index (κ3) is 3.38. The van der Waals surface area contributed by atoms with Gasteiger partial charge in [0.2, 0.25) is 0 Å². The van der Waals surface area contributed by atoms with Crippen molar-refractivity contribution in [2.45, 2.75) is 58.0 Å². The molecule has 0 aromatic carbocycles. The molecule has 0 bridgehead atoms. The Morgan fingerprint density at radius 2 is 2.38 bits per heavy atom. The summed E-state index contributed by atoms with van der Waals surface area (Å²) in [5, 5.41) is 3.73. The van der Waals surface area contributed by atoms with Crippen LogP contribution in [-0.4, -0.2) is 12.1 Å². The lowest BCUT2D eigenvalue weighted by molar-refractivity contribution is 0.408. The van der Waals surface area contributed by atoms with E-state index in [-0.39, 0.29) is 0 Å². The van der Waals surface area contributed by atoms with Crippen LogP contribution in [-0.2, 0) is 6.42 Å². The smallest absolute Gasteiger partial charge is 0.103 e. The third-order valence-corrected chi connectivity index (χ3v) is 3.62. The minimum absolute atomic E-state index is 0.598. The molecule has 1 aromatic heterocycles. The van der Waals surface area contributed by atoms with E-state index in [1.807, 2.05) is 6.07 Å². The molecule has 1 aliphatic rings. The lowest BCUT2D eigenvalue weighted by Crippen LogP contribution is -2.35. The fraction of sp³-hybridized carbons (Fsp3) is 0.714. The van der Waals surface area contributed by atoms with Crippen LogP contribution >= 0.6 is 0 Å². The van der Waals surface area contributed by atoms with E-state index in [1.54, 1.807) is 6.26 Å². The summed E-state index contributed by atoms with van der Waals surface area (Å²) in [6.45, 7) is 4.64. The molecule has 0 spiro atoms. The first-order valence-corrected chi connectivity index (χ1v) is 6.52. The molecule has 1 heterocycles. The molecular formula is C14H23NO. The number of hydrogen-bond acceptors (Lipinski definition) is 2. The predicted molar refractivity (Wildman–Crippen MR) is 66.4 cm³/mol. The Bertz CT molecular complexity index is 294. The maximum Gasteiger partial charge on any atom is 0.103 e. The highest BCUT2D eigenvalue weighted by molar-refractivity contribution is 4.98. The van der Waals surface area contributed by atoms with Crippen LogP contribution < -0.4 is 5.32 Å². The van der Waals surface area contributed by atoms with Crippen molar-refractivity contribution in [1.82, 2.24) is 5.32 Å². The van der Waals surface area contributed by atoms with E-state index in [4.69, 9.17) is 4.42 Å². The van der Waals surface area contributed by atoms with Gasteiger partial charge in [0.25, 0.3) is 0 Å². The molecule has 1 N–H and O–H groups in total. The maximum absolute atomic E-state index is 5.34. The van der Waals surface area contributed by atoms with Crippen LogP contribution in [0.4, 0.5) is 0 Å². The molecule has 3 unspecified atom stereocenters. The first kappa shape index (κ1) is 11.7. The van der Waals surface area contributed by atoms with E-state index < -0.39 is 0 Å². The topological polar surface area (TPSA) is 25.2 Å². The molecule has 0 aliphatic heterocycles. The highest BCUT2D eigenvalue weighted by Gasteiger charge is 2.22. The number of hydrogen-bond donors (Lipinski definition) is 1. The first-order valence-electron chi connectivity index (χ1n) is 6.52. The second-order valence-electron chi connectivity index (χ2n) is 5.30. The molecule has 1 fully saturated rings. The average Bonchev–Trinajstić information content (AvgIpc) is 2.87. The SMILES string of the molecule is CC1CCC(NC(C)CCc2ccco2)C1. The molecule has 2 nitrogen and oxygen atoms in total. The Balaban J connectivity index is 1.66. The standard InChI is InChI=1S/C14H23NO/c1-11-5-7-13(10-11)15-12(2)6-8-14-4-3-9-16-14/h3-4,9,11-13,15H,5-8,10H2,1-2H3. The Kier molecular flexibility index (Phi) is 4.05. The predicted octanol–water partition coefficient (Wildman–Crippen LogP) is 3.38. The van der Waals surface area contributed by atoms with Gasteiger partial charge >= 0.3 is 0 Å². The van der Waals surface area contributed by atoms with Gasteiger partial charge in [0.05, 0.1) is 6.26 Å². The molecule has 0 saturated heterocycles. The zero-order valence-electron chi connectivity index (χ0n) is 10.4. The molecule has 1 saturated carbocycles. The quantitative estimate of drug-likeness (QED) is 0.824. The van der Waals surface area contributed by atoms with Crippen molar-refractivity contribution >= 4 is 0 Å². The van der Waals surface area contributed by atoms with Gasteiger partial charge in [0.15, 0.2) is 0 Å². The van der Waals surface area contributed by atoms with Gasteiger partial charge in [-0.25, -0.2) is 0 Å². The van der Waals surface area contributed by atoms with Gasteiger partial charge in [-0.1, -0.05) is 6.92 Å². The minimum atomic E-state index is 0.598. The van der Waals surface area contributed by atoms with Gasteiger partial charge < -0.3 is 9.73 Å². The van der Waals surface area contributed by atoms with Crippen LogP contribution in [0.5, 0.6) is 0 Å². The van der Waals surface area contributed by atoms with Crippen LogP contribution in [0.3, 0.4) is 0 Å². The molecule has 2 heteroatoms. The number of aryl methyl sites for hydroxylation is 1. The highest BCUT2D eigenvalue weighted by Crippen LogP contribution is 2.25. The summed E-state index contributed by atoms with van der Waals surface area (Å²) in [5.74, 6) is 2.02. The van der Waals surface area contributed by atoms with Gasteiger partial charge in [-0.3, -0.25) is 0 Å². The van der Waals surface area contributed by atoms with Crippen molar-refractivity contribution in [2.24, 2.45) is 5.92 Å². The van der Waals surface area contributed by atoms with Crippen LogP contribution in [0, 0.1) is 5.92 Å². The molecule has 0 radical (unpaired) electrons. The molecule has 1 aromatic rings. The van der Waals surface area contributed by atoms with E-state index >= 15 is 0 Å². The van der Waals surface area contributed by atoms with Crippen LogP contribution in [0.1, 0.15) is 45.3 Å². The lowest BCUT2D eigenvalue weighted by Gasteiger charge is -2.19. The maximum atomic E-state index is 5.34. The van der Waals surface area contributed by atoms with Crippen LogP contribution in [0.25, 0.3) is 0 Å². The van der Waals surface area contributed by atoms with E-state index in [0.29, 0.717) is 6.04 Å². The summed E-state index contributed by atoms with van der Waals surface area (Å²) in [6, 6.07) is 5.37. The van der Waals surface area contributed by atoms with Crippen molar-refractivity contribution in [3.8, 4) is 0 Å². The second kappa shape index (κ2) is 5.53. The average molecular weight is 221 g/mol. The van der Waals surface area contributed by atoms with Crippen molar-refractivity contribution in [3.05, 3.63) is 24.2 Å². The van der Waals surface area contributed by atoms with Gasteiger partial charge in [0, 0.05) is 18.5 Å². The third-order valence-electron chi connectivity index (χ3n) is 3.62. The van der Waals surface area contributed by atoms with Crippen molar-refractivity contribution in [3.63, 3.8) is 0 Å². The summed E-state index contributed by atoms with van der Waals surface area (Å²) in [6.07, 6.45) is 8.06.